The summed E-state index contributed by atoms with van der Waals surface area (Å²) < 4.78 is 5.14. The average molecular weight is 301 g/mol. The van der Waals surface area contributed by atoms with E-state index in [-0.39, 0.29) is 0 Å². The number of nitro groups is 1. The molecule has 0 radical (unpaired) electrons. The van der Waals surface area contributed by atoms with E-state index in [1.165, 1.54) is 13.2 Å². The molecule has 2 rings (SSSR count). The number of hydrogen-bond donors (Lipinski definition) is 1. The molecule has 19 heavy (non-hydrogen) atoms. The van der Waals surface area contributed by atoms with E-state index >= 15 is 0 Å². The van der Waals surface area contributed by atoms with E-state index in [9.17, 15) is 10.1 Å². The number of rotatable bonds is 3. The maximum atomic E-state index is 10.4. The van der Waals surface area contributed by atoms with Crippen molar-refractivity contribution in [2.45, 2.75) is 6.92 Å². The Morgan fingerprint density at radius 3 is 2.68 bits per heavy atom. The summed E-state index contributed by atoms with van der Waals surface area (Å²) in [5.74, 6) is 0.425. The highest BCUT2D eigenvalue weighted by Crippen LogP contribution is 2.40. The normalized spacial score (nSPS) is 11.4. The lowest BCUT2D eigenvalue weighted by Crippen LogP contribution is -1.86. The van der Waals surface area contributed by atoms with Crippen molar-refractivity contribution >= 4 is 40.2 Å². The van der Waals surface area contributed by atoms with Gasteiger partial charge >= 0.3 is 0 Å². The quantitative estimate of drug-likeness (QED) is 0.687. The molecule has 1 aromatic heterocycles. The standard InChI is InChI=1S/C12H10Cl2N2O3/c1-6-7(3-4-16(17)18)8-5-9(19-2)10(13)11(14)12(8)15-6/h3-5,15H,1-2H3/b4-3+. The monoisotopic (exact) mass is 300 g/mol. The molecule has 0 saturated carbocycles. The lowest BCUT2D eigenvalue weighted by atomic mass is 10.1. The van der Waals surface area contributed by atoms with Gasteiger partial charge in [0.05, 0.1) is 22.6 Å². The zero-order valence-electron chi connectivity index (χ0n) is 10.2. The Bertz CT molecular complexity index is 692. The Morgan fingerprint density at radius 2 is 2.11 bits per heavy atom. The number of fused-ring (bicyclic) bond motifs is 1. The molecule has 100 valence electrons. The molecule has 0 saturated heterocycles. The predicted octanol–water partition coefficient (Wildman–Crippen LogP) is 4.04. The maximum absolute atomic E-state index is 10.4. The third kappa shape index (κ3) is 2.39. The maximum Gasteiger partial charge on any atom is 0.235 e. The predicted molar refractivity (Wildman–Crippen MR) is 75.6 cm³/mol. The van der Waals surface area contributed by atoms with Crippen molar-refractivity contribution in [3.8, 4) is 5.75 Å². The largest absolute Gasteiger partial charge is 0.495 e. The topological polar surface area (TPSA) is 68.2 Å². The van der Waals surface area contributed by atoms with Gasteiger partial charge in [-0.25, -0.2) is 0 Å². The summed E-state index contributed by atoms with van der Waals surface area (Å²) in [7, 11) is 1.48. The van der Waals surface area contributed by atoms with E-state index < -0.39 is 4.92 Å². The van der Waals surface area contributed by atoms with Crippen LogP contribution in [-0.2, 0) is 0 Å². The third-order valence-electron chi connectivity index (χ3n) is 2.76. The minimum Gasteiger partial charge on any atom is -0.495 e. The number of benzene rings is 1. The Labute approximate surface area is 118 Å². The van der Waals surface area contributed by atoms with Crippen LogP contribution >= 0.6 is 23.2 Å². The molecule has 0 aliphatic rings. The van der Waals surface area contributed by atoms with Crippen LogP contribution in [0.4, 0.5) is 0 Å². The Hall–Kier alpha value is -1.72. The molecule has 1 aromatic carbocycles. The number of nitrogens with zero attached hydrogens (tertiary/aromatic N) is 1. The molecule has 0 fully saturated rings. The Kier molecular flexibility index (Phi) is 3.68. The second kappa shape index (κ2) is 5.11. The van der Waals surface area contributed by atoms with Gasteiger partial charge in [-0.2, -0.15) is 0 Å². The number of halogens is 2. The van der Waals surface area contributed by atoms with E-state index in [0.29, 0.717) is 26.9 Å². The lowest BCUT2D eigenvalue weighted by molar-refractivity contribution is -0.400. The Balaban J connectivity index is 2.75. The molecule has 1 N–H and O–H groups in total. The van der Waals surface area contributed by atoms with Crippen LogP contribution in [0.2, 0.25) is 10.0 Å². The number of aryl methyl sites for hydroxylation is 1. The first kappa shape index (κ1) is 13.7. The Morgan fingerprint density at radius 1 is 1.42 bits per heavy atom. The molecular formula is C12H10Cl2N2O3. The van der Waals surface area contributed by atoms with E-state index in [1.807, 2.05) is 0 Å². The third-order valence-corrected chi connectivity index (χ3v) is 3.61. The van der Waals surface area contributed by atoms with Crippen LogP contribution in [0.3, 0.4) is 0 Å². The van der Waals surface area contributed by atoms with Crippen molar-refractivity contribution in [3.05, 3.63) is 43.7 Å². The van der Waals surface area contributed by atoms with Crippen LogP contribution in [0, 0.1) is 17.0 Å². The first-order valence-corrected chi connectivity index (χ1v) is 6.07. The van der Waals surface area contributed by atoms with Crippen LogP contribution in [0.5, 0.6) is 5.75 Å². The molecule has 0 atom stereocenters. The lowest BCUT2D eigenvalue weighted by Gasteiger charge is -2.05. The number of hydrogen-bond acceptors (Lipinski definition) is 3. The minimum atomic E-state index is -0.521. The summed E-state index contributed by atoms with van der Waals surface area (Å²) in [4.78, 5) is 13.0. The smallest absolute Gasteiger partial charge is 0.235 e. The van der Waals surface area contributed by atoms with E-state index in [4.69, 9.17) is 27.9 Å². The van der Waals surface area contributed by atoms with Crippen molar-refractivity contribution in [2.24, 2.45) is 0 Å². The summed E-state index contributed by atoms with van der Waals surface area (Å²) >= 11 is 12.2. The van der Waals surface area contributed by atoms with Crippen molar-refractivity contribution in [2.75, 3.05) is 7.11 Å². The molecule has 5 nitrogen and oxygen atoms in total. The van der Waals surface area contributed by atoms with Crippen LogP contribution in [0.15, 0.2) is 12.3 Å². The second-order valence-corrected chi connectivity index (χ2v) is 4.65. The van der Waals surface area contributed by atoms with Crippen molar-refractivity contribution in [3.63, 3.8) is 0 Å². The van der Waals surface area contributed by atoms with Gasteiger partial charge in [0.25, 0.3) is 0 Å². The van der Waals surface area contributed by atoms with Gasteiger partial charge in [0, 0.05) is 22.7 Å². The van der Waals surface area contributed by atoms with Crippen LogP contribution in [0.25, 0.3) is 17.0 Å². The highest BCUT2D eigenvalue weighted by Gasteiger charge is 2.16. The molecule has 0 amide bonds. The molecule has 7 heteroatoms. The summed E-state index contributed by atoms with van der Waals surface area (Å²) in [6.45, 7) is 1.80. The van der Waals surface area contributed by atoms with Gasteiger partial charge in [-0.05, 0) is 13.0 Å². The van der Waals surface area contributed by atoms with E-state index in [0.717, 1.165) is 17.3 Å². The fourth-order valence-corrected chi connectivity index (χ4v) is 2.36. The van der Waals surface area contributed by atoms with Crippen LogP contribution < -0.4 is 4.74 Å². The molecule has 0 aliphatic carbocycles. The number of aromatic amines is 1. The van der Waals surface area contributed by atoms with Gasteiger partial charge in [-0.3, -0.25) is 10.1 Å². The number of H-pyrrole nitrogens is 1. The first-order valence-electron chi connectivity index (χ1n) is 5.31. The van der Waals surface area contributed by atoms with Gasteiger partial charge in [-0.1, -0.05) is 23.2 Å². The fourth-order valence-electron chi connectivity index (χ4n) is 1.89. The molecule has 0 bridgehead atoms. The highest BCUT2D eigenvalue weighted by molar-refractivity contribution is 6.46. The van der Waals surface area contributed by atoms with Crippen molar-refractivity contribution in [1.29, 1.82) is 0 Å². The van der Waals surface area contributed by atoms with E-state index in [2.05, 4.69) is 4.98 Å². The molecule has 0 spiro atoms. The van der Waals surface area contributed by atoms with Crippen LogP contribution in [-0.4, -0.2) is 17.0 Å². The van der Waals surface area contributed by atoms with Gasteiger partial charge in [-0.15, -0.1) is 0 Å². The number of aromatic nitrogens is 1. The molecule has 0 unspecified atom stereocenters. The molecular weight excluding hydrogens is 291 g/mol. The van der Waals surface area contributed by atoms with Gasteiger partial charge in [0.1, 0.15) is 10.8 Å². The van der Waals surface area contributed by atoms with Gasteiger partial charge in [0.15, 0.2) is 0 Å². The van der Waals surface area contributed by atoms with Crippen LogP contribution in [0.1, 0.15) is 11.3 Å². The molecule has 2 aromatic rings. The summed E-state index contributed by atoms with van der Waals surface area (Å²) in [5, 5.41) is 11.8. The number of methoxy groups -OCH3 is 1. The fraction of sp³-hybridized carbons (Fsp3) is 0.167. The highest BCUT2D eigenvalue weighted by atomic mass is 35.5. The number of nitrogens with one attached hydrogen (secondary N) is 1. The SMILES string of the molecule is COc1cc2c(/C=C/[N+](=O)[O-])c(C)[nH]c2c(Cl)c1Cl. The summed E-state index contributed by atoms with van der Waals surface area (Å²) in [6, 6.07) is 1.70. The zero-order valence-corrected chi connectivity index (χ0v) is 11.7. The number of ether oxygens (including phenoxy) is 1. The van der Waals surface area contributed by atoms with Crippen molar-refractivity contribution < 1.29 is 9.66 Å². The molecule has 1 heterocycles. The first-order chi connectivity index (χ1) is 8.95. The van der Waals surface area contributed by atoms with E-state index in [1.54, 1.807) is 13.0 Å². The van der Waals surface area contributed by atoms with Crippen molar-refractivity contribution in [1.82, 2.24) is 4.98 Å². The zero-order chi connectivity index (χ0) is 14.2. The second-order valence-electron chi connectivity index (χ2n) is 3.89. The summed E-state index contributed by atoms with van der Waals surface area (Å²) in [5.41, 5.74) is 2.08. The molecule has 0 aliphatic heterocycles. The minimum absolute atomic E-state index is 0.308. The summed E-state index contributed by atoms with van der Waals surface area (Å²) in [6.07, 6.45) is 2.29. The average Bonchev–Trinajstić information content (AvgIpc) is 2.67. The van der Waals surface area contributed by atoms with Gasteiger partial charge in [0.2, 0.25) is 6.20 Å². The van der Waals surface area contributed by atoms with Gasteiger partial charge < -0.3 is 9.72 Å².